The zero-order valence-corrected chi connectivity index (χ0v) is 14.2. The molecule has 1 fully saturated rings. The first-order valence-corrected chi connectivity index (χ1v) is 9.22. The Kier molecular flexibility index (Phi) is 3.85. The minimum absolute atomic E-state index is 0.00210. The van der Waals surface area contributed by atoms with Crippen molar-refractivity contribution in [2.45, 2.75) is 37.5 Å². The Morgan fingerprint density at radius 2 is 1.88 bits per heavy atom. The molecule has 1 aliphatic carbocycles. The molecule has 0 saturated heterocycles. The predicted molar refractivity (Wildman–Crippen MR) is 96.6 cm³/mol. The number of benzene rings is 2. The molecule has 2 aromatic carbocycles. The Hall–Kier alpha value is -2.20. The van der Waals surface area contributed by atoms with Gasteiger partial charge >= 0.3 is 5.97 Å². The van der Waals surface area contributed by atoms with Gasteiger partial charge in [0, 0.05) is 10.8 Å². The van der Waals surface area contributed by atoms with Crippen molar-refractivity contribution < 1.29 is 9.90 Å². The van der Waals surface area contributed by atoms with E-state index in [9.17, 15) is 4.79 Å². The van der Waals surface area contributed by atoms with Crippen LogP contribution in [0.5, 0.6) is 0 Å². The molecule has 1 heterocycles. The molecule has 24 heavy (non-hydrogen) atoms. The maximum atomic E-state index is 11.0. The van der Waals surface area contributed by atoms with Gasteiger partial charge < -0.3 is 5.11 Å². The first kappa shape index (κ1) is 15.3. The average molecular weight is 337 g/mol. The van der Waals surface area contributed by atoms with Crippen molar-refractivity contribution in [2.24, 2.45) is 0 Å². The number of carboxylic acid groups (broad SMARTS) is 1. The Labute approximate surface area is 145 Å². The van der Waals surface area contributed by atoms with Crippen LogP contribution < -0.4 is 0 Å². The molecule has 4 rings (SSSR count). The highest BCUT2D eigenvalue weighted by Gasteiger charge is 2.40. The summed E-state index contributed by atoms with van der Waals surface area (Å²) in [4.78, 5) is 15.7. The molecule has 122 valence electrons. The second-order valence-corrected chi connectivity index (χ2v) is 7.39. The summed E-state index contributed by atoms with van der Waals surface area (Å²) < 4.78 is 0. The number of carbonyl (C=O) groups is 1. The highest BCUT2D eigenvalue weighted by Crippen LogP contribution is 2.49. The van der Waals surface area contributed by atoms with Gasteiger partial charge in [0.2, 0.25) is 0 Å². The van der Waals surface area contributed by atoms with Gasteiger partial charge in [-0.25, -0.2) is 4.98 Å². The first-order valence-electron chi connectivity index (χ1n) is 8.34. The molecule has 0 amide bonds. The third kappa shape index (κ3) is 2.51. The molecule has 1 aliphatic rings. The molecule has 4 heteroatoms. The molecular weight excluding hydrogens is 318 g/mol. The van der Waals surface area contributed by atoms with Crippen molar-refractivity contribution in [1.82, 2.24) is 4.98 Å². The second-order valence-electron chi connectivity index (χ2n) is 6.53. The van der Waals surface area contributed by atoms with Gasteiger partial charge in [0.1, 0.15) is 5.01 Å². The van der Waals surface area contributed by atoms with Crippen molar-refractivity contribution in [3.05, 3.63) is 64.1 Å². The lowest BCUT2D eigenvalue weighted by Crippen LogP contribution is -2.24. The second kappa shape index (κ2) is 6.02. The SMILES string of the molecule is O=C(O)Cc1csc(C2(c3cccc4ccccc34)CCCC2)n1. The first-order chi connectivity index (χ1) is 11.7. The Bertz CT molecular complexity index is 888. The van der Waals surface area contributed by atoms with E-state index in [1.807, 2.05) is 5.38 Å². The number of nitrogens with zero attached hydrogens (tertiary/aromatic N) is 1. The summed E-state index contributed by atoms with van der Waals surface area (Å²) in [6.45, 7) is 0. The van der Waals surface area contributed by atoms with E-state index in [1.165, 1.54) is 29.2 Å². The summed E-state index contributed by atoms with van der Waals surface area (Å²) in [6.07, 6.45) is 4.55. The van der Waals surface area contributed by atoms with Gasteiger partial charge in [0.05, 0.1) is 12.1 Å². The molecule has 0 bridgehead atoms. The van der Waals surface area contributed by atoms with Crippen LogP contribution >= 0.6 is 11.3 Å². The summed E-state index contributed by atoms with van der Waals surface area (Å²) in [7, 11) is 0. The highest BCUT2D eigenvalue weighted by atomic mass is 32.1. The van der Waals surface area contributed by atoms with Crippen LogP contribution in [0.1, 0.15) is 41.9 Å². The van der Waals surface area contributed by atoms with Gasteiger partial charge in [-0.2, -0.15) is 0 Å². The average Bonchev–Trinajstić information content (AvgIpc) is 3.24. The number of fused-ring (bicyclic) bond motifs is 1. The zero-order valence-electron chi connectivity index (χ0n) is 13.4. The fraction of sp³-hybridized carbons (Fsp3) is 0.300. The van der Waals surface area contributed by atoms with Crippen LogP contribution in [-0.2, 0) is 16.6 Å². The van der Waals surface area contributed by atoms with E-state index in [2.05, 4.69) is 42.5 Å². The van der Waals surface area contributed by atoms with Gasteiger partial charge in [-0.1, -0.05) is 55.3 Å². The number of hydrogen-bond acceptors (Lipinski definition) is 3. The number of hydrogen-bond donors (Lipinski definition) is 1. The number of carboxylic acids is 1. The molecule has 3 aromatic rings. The van der Waals surface area contributed by atoms with Gasteiger partial charge in [-0.3, -0.25) is 4.79 Å². The van der Waals surface area contributed by atoms with Crippen molar-refractivity contribution in [3.63, 3.8) is 0 Å². The monoisotopic (exact) mass is 337 g/mol. The third-order valence-electron chi connectivity index (χ3n) is 5.06. The minimum atomic E-state index is -0.822. The van der Waals surface area contributed by atoms with E-state index in [4.69, 9.17) is 10.1 Å². The largest absolute Gasteiger partial charge is 0.481 e. The number of rotatable bonds is 4. The number of aliphatic carboxylic acids is 1. The van der Waals surface area contributed by atoms with Crippen LogP contribution in [0.3, 0.4) is 0 Å². The normalized spacial score (nSPS) is 16.5. The molecular formula is C20H19NO2S. The highest BCUT2D eigenvalue weighted by molar-refractivity contribution is 7.09. The summed E-state index contributed by atoms with van der Waals surface area (Å²) in [5, 5.41) is 14.6. The van der Waals surface area contributed by atoms with E-state index in [-0.39, 0.29) is 11.8 Å². The molecule has 1 N–H and O–H groups in total. The Balaban J connectivity index is 1.87. The molecule has 0 atom stereocenters. The lowest BCUT2D eigenvalue weighted by molar-refractivity contribution is -0.136. The molecule has 1 aromatic heterocycles. The van der Waals surface area contributed by atoms with Crippen molar-refractivity contribution >= 4 is 28.1 Å². The molecule has 0 spiro atoms. The summed E-state index contributed by atoms with van der Waals surface area (Å²) in [5.41, 5.74) is 1.95. The predicted octanol–water partition coefficient (Wildman–Crippen LogP) is 4.78. The van der Waals surface area contributed by atoms with Crippen molar-refractivity contribution in [3.8, 4) is 0 Å². The Morgan fingerprint density at radius 3 is 2.67 bits per heavy atom. The lowest BCUT2D eigenvalue weighted by atomic mass is 9.77. The maximum absolute atomic E-state index is 11.0. The van der Waals surface area contributed by atoms with E-state index in [1.54, 1.807) is 11.3 Å². The van der Waals surface area contributed by atoms with Crippen molar-refractivity contribution in [1.29, 1.82) is 0 Å². The van der Waals surface area contributed by atoms with E-state index in [0.29, 0.717) is 5.69 Å². The van der Waals surface area contributed by atoms with Gasteiger partial charge in [-0.15, -0.1) is 11.3 Å². The molecule has 0 unspecified atom stereocenters. The van der Waals surface area contributed by atoms with Crippen LogP contribution in [-0.4, -0.2) is 16.1 Å². The quantitative estimate of drug-likeness (QED) is 0.745. The molecule has 0 aliphatic heterocycles. The van der Waals surface area contributed by atoms with E-state index < -0.39 is 5.97 Å². The van der Waals surface area contributed by atoms with E-state index >= 15 is 0 Å². The number of thiazole rings is 1. The molecule has 1 saturated carbocycles. The minimum Gasteiger partial charge on any atom is -0.481 e. The van der Waals surface area contributed by atoms with Gasteiger partial charge in [0.15, 0.2) is 0 Å². The van der Waals surface area contributed by atoms with Crippen molar-refractivity contribution in [2.75, 3.05) is 0 Å². The van der Waals surface area contributed by atoms with Crippen LogP contribution in [0.2, 0.25) is 0 Å². The van der Waals surface area contributed by atoms with Crippen LogP contribution in [0.4, 0.5) is 0 Å². The third-order valence-corrected chi connectivity index (χ3v) is 6.15. The van der Waals surface area contributed by atoms with Crippen LogP contribution in [0.25, 0.3) is 10.8 Å². The summed E-state index contributed by atoms with van der Waals surface area (Å²) in [6, 6.07) is 15.0. The summed E-state index contributed by atoms with van der Waals surface area (Å²) in [5.74, 6) is -0.822. The maximum Gasteiger partial charge on any atom is 0.309 e. The topological polar surface area (TPSA) is 50.2 Å². The summed E-state index contributed by atoms with van der Waals surface area (Å²) >= 11 is 1.62. The van der Waals surface area contributed by atoms with Gasteiger partial charge in [0.25, 0.3) is 0 Å². The fourth-order valence-corrected chi connectivity index (χ4v) is 5.08. The van der Waals surface area contributed by atoms with Crippen LogP contribution in [0, 0.1) is 0 Å². The lowest BCUT2D eigenvalue weighted by Gasteiger charge is -2.29. The smallest absolute Gasteiger partial charge is 0.309 e. The van der Waals surface area contributed by atoms with E-state index in [0.717, 1.165) is 17.8 Å². The number of aromatic nitrogens is 1. The Morgan fingerprint density at radius 1 is 1.12 bits per heavy atom. The zero-order chi connectivity index (χ0) is 16.6. The van der Waals surface area contributed by atoms with Gasteiger partial charge in [-0.05, 0) is 29.2 Å². The van der Waals surface area contributed by atoms with Crippen LogP contribution in [0.15, 0.2) is 47.8 Å². The molecule has 0 radical (unpaired) electrons. The standard InChI is InChI=1S/C20H19NO2S/c22-18(23)12-15-13-24-19(21-15)20(10-3-4-11-20)17-9-5-7-14-6-1-2-8-16(14)17/h1-2,5-9,13H,3-4,10-12H2,(H,22,23). The molecule has 3 nitrogen and oxygen atoms in total. The fourth-order valence-electron chi connectivity index (χ4n) is 3.98.